The van der Waals surface area contributed by atoms with Crippen LogP contribution in [-0.4, -0.2) is 29.2 Å². The molecule has 3 heterocycles. The van der Waals surface area contributed by atoms with E-state index in [1.54, 1.807) is 4.57 Å². The number of unbranched alkanes of at least 4 members (excludes halogenated alkanes) is 3. The lowest BCUT2D eigenvalue weighted by molar-refractivity contribution is 0.378. The number of nitrogens with zero attached hydrogens (tertiary/aromatic N) is 5. The van der Waals surface area contributed by atoms with E-state index in [9.17, 15) is 9.59 Å². The number of imidazole rings is 1. The molecule has 0 atom stereocenters. The SMILES string of the molecule is CCCCCn1c(=O)n(CCCCc2noc(Cc3ccccc3)n2)c(=O)c2[nH]c(Cl)nc21. The molecule has 10 heteroatoms. The van der Waals surface area contributed by atoms with E-state index >= 15 is 0 Å². The molecule has 0 amide bonds. The molecule has 0 spiro atoms. The predicted molar refractivity (Wildman–Crippen MR) is 126 cm³/mol. The molecule has 0 aliphatic carbocycles. The van der Waals surface area contributed by atoms with Crippen LogP contribution in [0.3, 0.4) is 0 Å². The molecule has 4 rings (SSSR count). The molecule has 0 saturated carbocycles. The highest BCUT2D eigenvalue weighted by Gasteiger charge is 2.17. The molecular weight excluding hydrogens is 444 g/mol. The van der Waals surface area contributed by atoms with Crippen LogP contribution in [0.15, 0.2) is 44.4 Å². The van der Waals surface area contributed by atoms with E-state index in [1.165, 1.54) is 4.57 Å². The number of benzene rings is 1. The second kappa shape index (κ2) is 10.6. The quantitative estimate of drug-likeness (QED) is 0.264. The number of H-pyrrole nitrogens is 1. The molecule has 0 fully saturated rings. The zero-order chi connectivity index (χ0) is 23.2. The third kappa shape index (κ3) is 5.42. The summed E-state index contributed by atoms with van der Waals surface area (Å²) in [7, 11) is 0. The van der Waals surface area contributed by atoms with Gasteiger partial charge < -0.3 is 9.51 Å². The second-order valence-electron chi connectivity index (χ2n) is 8.05. The Labute approximate surface area is 195 Å². The van der Waals surface area contributed by atoms with Crippen LogP contribution >= 0.6 is 11.6 Å². The number of fused-ring (bicyclic) bond motifs is 1. The van der Waals surface area contributed by atoms with Crippen LogP contribution in [0.2, 0.25) is 5.28 Å². The van der Waals surface area contributed by atoms with Crippen molar-refractivity contribution in [3.8, 4) is 0 Å². The van der Waals surface area contributed by atoms with Crippen LogP contribution in [0.4, 0.5) is 0 Å². The van der Waals surface area contributed by atoms with E-state index in [2.05, 4.69) is 27.0 Å². The van der Waals surface area contributed by atoms with E-state index in [0.29, 0.717) is 56.1 Å². The standard InChI is InChI=1S/C23H27ClN6O3/c1-2-3-8-13-29-20-19(26-22(24)27-20)21(31)30(23(29)32)14-9-7-12-17-25-18(33-28-17)15-16-10-5-4-6-11-16/h4-6,10-11H,2-3,7-9,12-15H2,1H3,(H,26,27). The zero-order valence-electron chi connectivity index (χ0n) is 18.6. The van der Waals surface area contributed by atoms with Gasteiger partial charge in [-0.2, -0.15) is 9.97 Å². The fraction of sp³-hybridized carbons (Fsp3) is 0.435. The Balaban J connectivity index is 1.41. The fourth-order valence-corrected chi connectivity index (χ4v) is 4.02. The normalized spacial score (nSPS) is 11.5. The first kappa shape index (κ1) is 23.0. The Kier molecular flexibility index (Phi) is 7.39. The van der Waals surface area contributed by atoms with E-state index < -0.39 is 5.56 Å². The highest BCUT2D eigenvalue weighted by Crippen LogP contribution is 2.12. The Hall–Kier alpha value is -3.20. The van der Waals surface area contributed by atoms with Crippen molar-refractivity contribution in [3.05, 3.63) is 73.7 Å². The van der Waals surface area contributed by atoms with Gasteiger partial charge in [0.15, 0.2) is 17.0 Å². The van der Waals surface area contributed by atoms with Crippen LogP contribution < -0.4 is 11.2 Å². The molecule has 0 aliphatic rings. The number of hydrogen-bond donors (Lipinski definition) is 1. The van der Waals surface area contributed by atoms with Gasteiger partial charge in [0.25, 0.3) is 5.56 Å². The zero-order valence-corrected chi connectivity index (χ0v) is 19.3. The molecule has 174 valence electrons. The Morgan fingerprint density at radius 1 is 1.00 bits per heavy atom. The summed E-state index contributed by atoms with van der Waals surface area (Å²) in [6.45, 7) is 2.89. The second-order valence-corrected chi connectivity index (χ2v) is 8.41. The summed E-state index contributed by atoms with van der Waals surface area (Å²) in [5, 5.41) is 4.15. The maximum atomic E-state index is 13.0. The highest BCUT2D eigenvalue weighted by atomic mass is 35.5. The van der Waals surface area contributed by atoms with Crippen molar-refractivity contribution in [1.82, 2.24) is 29.2 Å². The van der Waals surface area contributed by atoms with Crippen molar-refractivity contribution in [2.24, 2.45) is 0 Å². The van der Waals surface area contributed by atoms with Gasteiger partial charge in [-0.15, -0.1) is 0 Å². The largest absolute Gasteiger partial charge is 0.339 e. The first-order chi connectivity index (χ1) is 16.1. The minimum Gasteiger partial charge on any atom is -0.339 e. The molecule has 4 aromatic rings. The first-order valence-corrected chi connectivity index (χ1v) is 11.7. The van der Waals surface area contributed by atoms with Crippen LogP contribution in [0.5, 0.6) is 0 Å². The van der Waals surface area contributed by atoms with Crippen LogP contribution in [0, 0.1) is 0 Å². The molecule has 0 unspecified atom stereocenters. The highest BCUT2D eigenvalue weighted by molar-refractivity contribution is 6.28. The number of halogens is 1. The van der Waals surface area contributed by atoms with Gasteiger partial charge in [-0.3, -0.25) is 13.9 Å². The Morgan fingerprint density at radius 2 is 1.76 bits per heavy atom. The van der Waals surface area contributed by atoms with Crippen molar-refractivity contribution in [1.29, 1.82) is 0 Å². The average molecular weight is 471 g/mol. The van der Waals surface area contributed by atoms with Crippen molar-refractivity contribution < 1.29 is 4.52 Å². The van der Waals surface area contributed by atoms with E-state index in [4.69, 9.17) is 16.1 Å². The summed E-state index contributed by atoms with van der Waals surface area (Å²) >= 11 is 5.99. The molecule has 1 N–H and O–H groups in total. The van der Waals surface area contributed by atoms with Crippen LogP contribution in [-0.2, 0) is 25.9 Å². The number of aromatic nitrogens is 6. The minimum absolute atomic E-state index is 0.104. The summed E-state index contributed by atoms with van der Waals surface area (Å²) in [6.07, 6.45) is 5.39. The summed E-state index contributed by atoms with van der Waals surface area (Å²) in [4.78, 5) is 37.3. The Bertz CT molecular complexity index is 1320. The lowest BCUT2D eigenvalue weighted by Gasteiger charge is -2.11. The molecule has 3 aromatic heterocycles. The number of rotatable bonds is 11. The summed E-state index contributed by atoms with van der Waals surface area (Å²) in [6, 6.07) is 9.94. The van der Waals surface area contributed by atoms with E-state index in [1.807, 2.05) is 30.3 Å². The maximum absolute atomic E-state index is 13.0. The topological polar surface area (TPSA) is 112 Å². The molecule has 1 aromatic carbocycles. The van der Waals surface area contributed by atoms with E-state index in [-0.39, 0.29) is 16.5 Å². The van der Waals surface area contributed by atoms with Crippen molar-refractivity contribution >= 4 is 22.8 Å². The van der Waals surface area contributed by atoms with Crippen molar-refractivity contribution in [3.63, 3.8) is 0 Å². The lowest BCUT2D eigenvalue weighted by atomic mass is 10.1. The molecule has 33 heavy (non-hydrogen) atoms. The maximum Gasteiger partial charge on any atom is 0.332 e. The predicted octanol–water partition coefficient (Wildman–Crippen LogP) is 3.73. The summed E-state index contributed by atoms with van der Waals surface area (Å²) < 4.78 is 8.15. The number of aryl methyl sites for hydroxylation is 2. The van der Waals surface area contributed by atoms with Gasteiger partial charge in [0.05, 0.1) is 6.42 Å². The third-order valence-electron chi connectivity index (χ3n) is 5.56. The molecule has 9 nitrogen and oxygen atoms in total. The monoisotopic (exact) mass is 470 g/mol. The van der Waals surface area contributed by atoms with Crippen molar-refractivity contribution in [2.45, 2.75) is 65.0 Å². The molecule has 0 saturated heterocycles. The van der Waals surface area contributed by atoms with Gasteiger partial charge >= 0.3 is 5.69 Å². The number of hydrogen-bond acceptors (Lipinski definition) is 6. The Morgan fingerprint density at radius 3 is 2.55 bits per heavy atom. The summed E-state index contributed by atoms with van der Waals surface area (Å²) in [5.41, 5.74) is 0.943. The van der Waals surface area contributed by atoms with Crippen LogP contribution in [0.1, 0.15) is 56.3 Å². The number of aromatic amines is 1. The van der Waals surface area contributed by atoms with E-state index in [0.717, 1.165) is 24.8 Å². The third-order valence-corrected chi connectivity index (χ3v) is 5.74. The van der Waals surface area contributed by atoms with Gasteiger partial charge in [0, 0.05) is 19.5 Å². The molecule has 0 radical (unpaired) electrons. The van der Waals surface area contributed by atoms with Gasteiger partial charge in [-0.25, -0.2) is 4.79 Å². The summed E-state index contributed by atoms with van der Waals surface area (Å²) in [5.74, 6) is 1.20. The van der Waals surface area contributed by atoms with Crippen LogP contribution in [0.25, 0.3) is 11.2 Å². The molecular formula is C23H27ClN6O3. The van der Waals surface area contributed by atoms with Gasteiger partial charge in [0.1, 0.15) is 0 Å². The van der Waals surface area contributed by atoms with Gasteiger partial charge in [0.2, 0.25) is 11.2 Å². The van der Waals surface area contributed by atoms with Crippen molar-refractivity contribution in [2.75, 3.05) is 0 Å². The molecule has 0 aliphatic heterocycles. The molecule has 0 bridgehead atoms. The number of nitrogens with one attached hydrogen (secondary N) is 1. The first-order valence-electron chi connectivity index (χ1n) is 11.3. The van der Waals surface area contributed by atoms with Gasteiger partial charge in [-0.05, 0) is 36.4 Å². The average Bonchev–Trinajstić information content (AvgIpc) is 3.42. The fourth-order valence-electron chi connectivity index (χ4n) is 3.84. The lowest BCUT2D eigenvalue weighted by Crippen LogP contribution is -2.40. The smallest absolute Gasteiger partial charge is 0.332 e. The van der Waals surface area contributed by atoms with Gasteiger partial charge in [-0.1, -0.05) is 55.3 Å². The minimum atomic E-state index is -0.397.